The zero-order valence-electron chi connectivity index (χ0n) is 48.2. The number of ketones is 1. The average Bonchev–Trinajstić information content (AvgIpc) is 3.46. The predicted octanol–water partition coefficient (Wildman–Crippen LogP) is 7.39. The molecule has 419 valence electrons. The predicted molar refractivity (Wildman–Crippen MR) is 319 cm³/mol. The van der Waals surface area contributed by atoms with E-state index in [1.165, 1.54) is 33.6 Å². The van der Waals surface area contributed by atoms with Crippen LogP contribution in [0.3, 0.4) is 0 Å². The fourth-order valence-corrected chi connectivity index (χ4v) is 6.57. The zero-order valence-corrected chi connectivity index (χ0v) is 54.8. The molecule has 22 heteroatoms. The van der Waals surface area contributed by atoms with Crippen LogP contribution in [-0.4, -0.2) is 92.0 Å². The maximum Gasteiger partial charge on any atom is 1.00 e. The van der Waals surface area contributed by atoms with E-state index in [4.69, 9.17) is 40.4 Å². The van der Waals surface area contributed by atoms with E-state index in [9.17, 15) is 14.4 Å². The number of hydrogen-bond acceptors (Lipinski definition) is 14. The van der Waals surface area contributed by atoms with Gasteiger partial charge < -0.3 is 37.1 Å². The third-order valence-corrected chi connectivity index (χ3v) is 11.2. The molecule has 3 radical (unpaired) electrons. The number of hydrogen-bond donors (Lipinski definition) is 1. The van der Waals surface area contributed by atoms with Crippen LogP contribution in [0.5, 0.6) is 17.2 Å². The number of amides is 1. The fourth-order valence-electron chi connectivity index (χ4n) is 5.19. The Morgan fingerprint density at radius 1 is 0.613 bits per heavy atom. The molecule has 0 unspecified atom stereocenters. The molecule has 1 amide bonds. The largest absolute Gasteiger partial charge is 1.00 e. The standard InChI is InChI=1S/C16H17NO3.C14H14BrNO2.C8H9ClO.C6H6BrNO.C6H4BrNO.C4H9NO2.C4H9.B.Li.Na.H/c1-12(18)15-7-14(8-17-9-15)11-20-10-13-3-5-16(19-2)6-4-13;1-17-14-4-2-11(3-5-14)9-18-10-12-6-13(15)8-16-7-12;1-10-8-4-2-7(6-9)3-5-8;2*7-6-1-5(4-9)2-8-3-6;1-4(6)5(2)7-3;1-3-4-2;;;;/h3-9H,10-11H2,1-2H3;2-8H,9-10H2,1H3;2-5H,6H2,1H3;1-3,9H,4H2;1-4H;1-3H3;1,3-4H2,2H3;;;;/q;;;;;;-1;;2*+1;-1. The number of halogens is 4. The summed E-state index contributed by atoms with van der Waals surface area (Å²) in [7, 11) is 7.95. The first kappa shape index (κ1) is 79.9. The summed E-state index contributed by atoms with van der Waals surface area (Å²) in [6, 6.07) is 30.6. The molecule has 7 aromatic rings. The van der Waals surface area contributed by atoms with Crippen molar-refractivity contribution in [1.29, 1.82) is 0 Å². The number of pyridine rings is 4. The number of Topliss-reactive ketones (excluding diaryl/α,β-unsaturated/α-hetero) is 1. The molecule has 0 aliphatic rings. The number of aliphatic hydroxyl groups excluding tert-OH is 1. The van der Waals surface area contributed by atoms with E-state index in [2.05, 4.69) is 86.4 Å². The summed E-state index contributed by atoms with van der Waals surface area (Å²) in [5.41, 5.74) is 7.27. The van der Waals surface area contributed by atoms with Gasteiger partial charge in [0.25, 0.3) is 0 Å². The van der Waals surface area contributed by atoms with Crippen LogP contribution < -0.4 is 62.6 Å². The van der Waals surface area contributed by atoms with Gasteiger partial charge in [0.05, 0.1) is 61.5 Å². The van der Waals surface area contributed by atoms with Gasteiger partial charge in [-0.2, -0.15) is 6.42 Å². The topological polar surface area (TPSA) is 182 Å². The van der Waals surface area contributed by atoms with E-state index in [-0.39, 0.29) is 76.6 Å². The van der Waals surface area contributed by atoms with Gasteiger partial charge in [0.15, 0.2) is 12.1 Å². The van der Waals surface area contributed by atoms with Gasteiger partial charge in [-0.3, -0.25) is 39.2 Å². The van der Waals surface area contributed by atoms with Crippen molar-refractivity contribution >= 4 is 85.8 Å². The number of rotatable bonds is 17. The summed E-state index contributed by atoms with van der Waals surface area (Å²) >= 11 is 15.4. The van der Waals surface area contributed by atoms with E-state index in [1.54, 1.807) is 77.8 Å². The van der Waals surface area contributed by atoms with E-state index < -0.39 is 0 Å². The molecule has 0 spiro atoms. The summed E-state index contributed by atoms with van der Waals surface area (Å²) in [5, 5.41) is 9.75. The Morgan fingerprint density at radius 3 is 1.27 bits per heavy atom. The number of aliphatic hydroxyl groups is 1. The van der Waals surface area contributed by atoms with Gasteiger partial charge in [0, 0.05) is 102 Å². The van der Waals surface area contributed by atoms with E-state index in [0.717, 1.165) is 81.8 Å². The van der Waals surface area contributed by atoms with Gasteiger partial charge in [0.1, 0.15) is 17.2 Å². The van der Waals surface area contributed by atoms with E-state index in [1.807, 2.05) is 91.0 Å². The van der Waals surface area contributed by atoms with Gasteiger partial charge in [-0.25, -0.2) is 5.06 Å². The molecule has 7 rings (SSSR count). The Morgan fingerprint density at radius 2 is 0.975 bits per heavy atom. The van der Waals surface area contributed by atoms with Crippen molar-refractivity contribution in [1.82, 2.24) is 25.0 Å². The van der Waals surface area contributed by atoms with Crippen LogP contribution in [0.4, 0.5) is 0 Å². The van der Waals surface area contributed by atoms with Crippen LogP contribution in [0, 0.1) is 6.92 Å². The second kappa shape index (κ2) is 50.4. The Balaban J connectivity index is -0.000000445. The van der Waals surface area contributed by atoms with Gasteiger partial charge >= 0.3 is 48.4 Å². The SMILES string of the molecule is CON(C)C(C)=O.COc1ccc(CCl)cc1.COc1ccc(COCc2cncc(Br)c2)cc1.COc1ccc(COCc2cncc(C(C)=O)c2)cc1.O=Cc1cncc(Br)c1.OCc1cncc(Br)c1.[B].[CH2-]CCC.[H-].[Li+].[Na+]. The number of unbranched alkanes of at least 4 members (excludes halogenated alkanes) is 1. The molecule has 0 fully saturated rings. The van der Waals surface area contributed by atoms with Crippen molar-refractivity contribution in [2.24, 2.45) is 0 Å². The first-order chi connectivity index (χ1) is 37.1. The fraction of sp³-hybridized carbons (Fsp3) is 0.276. The monoisotopic (exact) mass is 1310 g/mol. The van der Waals surface area contributed by atoms with Crippen LogP contribution in [0.2, 0.25) is 0 Å². The van der Waals surface area contributed by atoms with Gasteiger partial charge in [-0.05, 0) is 149 Å². The normalized spacial score (nSPS) is 9.28. The van der Waals surface area contributed by atoms with Crippen LogP contribution in [-0.2, 0) is 58.0 Å². The second-order valence-electron chi connectivity index (χ2n) is 15.6. The molecule has 0 aliphatic carbocycles. The minimum absolute atomic E-state index is 0. The van der Waals surface area contributed by atoms with Crippen LogP contribution in [0.1, 0.15) is 89.1 Å². The van der Waals surface area contributed by atoms with Gasteiger partial charge in [-0.15, -0.1) is 11.6 Å². The van der Waals surface area contributed by atoms with Crippen molar-refractivity contribution in [3.63, 3.8) is 0 Å². The van der Waals surface area contributed by atoms with Crippen molar-refractivity contribution in [2.45, 2.75) is 72.5 Å². The maximum atomic E-state index is 11.3. The first-order valence-corrected chi connectivity index (χ1v) is 26.5. The Bertz CT molecular complexity index is 2700. The number of carbonyl (C=O) groups excluding carboxylic acids is 3. The molecule has 4 heterocycles. The summed E-state index contributed by atoms with van der Waals surface area (Å²) in [4.78, 5) is 51.8. The Kier molecular flexibility index (Phi) is 50.4. The zero-order chi connectivity index (χ0) is 57.2. The molecule has 0 bridgehead atoms. The number of hydroxylamine groups is 2. The van der Waals surface area contributed by atoms with Crippen LogP contribution in [0.15, 0.2) is 160 Å². The molecule has 1 N–H and O–H groups in total. The maximum absolute atomic E-state index is 11.3. The summed E-state index contributed by atoms with van der Waals surface area (Å²) in [6.07, 6.45) is 16.3. The number of nitrogens with zero attached hydrogens (tertiary/aromatic N) is 5. The number of alkyl halides is 1. The minimum atomic E-state index is -0.0949. The molecule has 0 aliphatic heterocycles. The van der Waals surface area contributed by atoms with Gasteiger partial charge in [-0.1, -0.05) is 49.7 Å². The number of benzene rings is 3. The molecule has 0 saturated heterocycles. The number of carbonyl (C=O) groups is 3. The third-order valence-electron chi connectivity index (χ3n) is 9.55. The summed E-state index contributed by atoms with van der Waals surface area (Å²) in [6.45, 7) is 10.8. The van der Waals surface area contributed by atoms with E-state index in [0.29, 0.717) is 43.4 Å². The molecule has 0 atom stereocenters. The summed E-state index contributed by atoms with van der Waals surface area (Å²) < 4.78 is 29.1. The first-order valence-electron chi connectivity index (χ1n) is 23.6. The molecule has 4 aromatic heterocycles. The third kappa shape index (κ3) is 38.4. The van der Waals surface area contributed by atoms with Crippen molar-refractivity contribution in [2.75, 3.05) is 35.5 Å². The minimum Gasteiger partial charge on any atom is -1.00 e. The Hall–Kier alpha value is -4.30. The van der Waals surface area contributed by atoms with Crippen molar-refractivity contribution < 1.29 is 97.9 Å². The molecular weight excluding hydrogens is 1240 g/mol. The average molecular weight is 1310 g/mol. The molecule has 0 saturated carbocycles. The van der Waals surface area contributed by atoms with Gasteiger partial charge in [0.2, 0.25) is 5.91 Å². The summed E-state index contributed by atoms with van der Waals surface area (Å²) in [5.74, 6) is 3.03. The second-order valence-corrected chi connectivity index (χ2v) is 18.6. The van der Waals surface area contributed by atoms with Crippen molar-refractivity contribution in [3.05, 3.63) is 211 Å². The molecule has 3 aromatic carbocycles. The van der Waals surface area contributed by atoms with E-state index >= 15 is 0 Å². The number of ether oxygens (including phenoxy) is 5. The molecular formula is C58H69BBr3ClLiN5NaO10. The van der Waals surface area contributed by atoms with Crippen molar-refractivity contribution in [3.8, 4) is 17.2 Å². The molecule has 80 heavy (non-hydrogen) atoms. The molecule has 15 nitrogen and oxygen atoms in total. The quantitative estimate of drug-likeness (QED) is 0.0238. The van der Waals surface area contributed by atoms with Crippen LogP contribution in [0.25, 0.3) is 0 Å². The number of aldehydes is 1. The Labute approximate surface area is 540 Å². The smallest absolute Gasteiger partial charge is 1.00 e. The number of aromatic nitrogens is 4. The number of methoxy groups -OCH3 is 3. The van der Waals surface area contributed by atoms with Crippen LogP contribution >= 0.6 is 59.4 Å².